The predicted molar refractivity (Wildman–Crippen MR) is 67.4 cm³/mol. The normalized spacial score (nSPS) is 13.1. The zero-order valence-corrected chi connectivity index (χ0v) is 10.7. The highest BCUT2D eigenvalue weighted by Crippen LogP contribution is 2.11. The molecule has 0 amide bonds. The lowest BCUT2D eigenvalue weighted by atomic mass is 10.1. The summed E-state index contributed by atoms with van der Waals surface area (Å²) in [7, 11) is -3.39. The Morgan fingerprint density at radius 1 is 1.35 bits per heavy atom. The van der Waals surface area contributed by atoms with Crippen LogP contribution in [0, 0.1) is 0 Å². The molecule has 17 heavy (non-hydrogen) atoms. The molecular weight excluding hydrogens is 238 g/mol. The maximum atomic E-state index is 11.3. The molecule has 5 nitrogen and oxygen atoms in total. The van der Waals surface area contributed by atoms with Crippen LogP contribution in [0.15, 0.2) is 34.5 Å². The van der Waals surface area contributed by atoms with Crippen molar-refractivity contribution in [3.8, 4) is 0 Å². The Hall–Kier alpha value is -1.69. The van der Waals surface area contributed by atoms with E-state index in [4.69, 9.17) is 5.73 Å². The lowest BCUT2D eigenvalue weighted by Crippen LogP contribution is -2.10. The molecule has 0 fully saturated rings. The Kier molecular flexibility index (Phi) is 3.67. The van der Waals surface area contributed by atoms with Crippen molar-refractivity contribution < 1.29 is 8.42 Å². The fourth-order valence-corrected chi connectivity index (χ4v) is 1.72. The van der Waals surface area contributed by atoms with Gasteiger partial charge in [0, 0.05) is 17.6 Å². The number of aromatic nitrogens is 1. The van der Waals surface area contributed by atoms with E-state index in [0.717, 1.165) is 6.26 Å². The lowest BCUT2D eigenvalue weighted by molar-refractivity contribution is 0.598. The summed E-state index contributed by atoms with van der Waals surface area (Å²) in [6.45, 7) is 3.28. The molecule has 0 aliphatic carbocycles. The monoisotopic (exact) mass is 252 g/mol. The van der Waals surface area contributed by atoms with Crippen molar-refractivity contribution in [1.82, 2.24) is 4.98 Å². The minimum atomic E-state index is -3.39. The van der Waals surface area contributed by atoms with Gasteiger partial charge in [-0.05, 0) is 31.6 Å². The molecule has 0 radical (unpaired) electrons. The van der Waals surface area contributed by atoms with Crippen molar-refractivity contribution in [2.75, 3.05) is 6.26 Å². The standard InChI is InChI=1S/C11H14N3O2S/c1-7(8(2)12)11(13)9-5-4-6-10(14-9)17(3,15)16/h4-6H,12H2,1-3H3/q-1/b8-7-. The molecule has 1 rings (SSSR count). The van der Waals surface area contributed by atoms with Gasteiger partial charge in [-0.25, -0.2) is 13.4 Å². The molecule has 0 bridgehead atoms. The van der Waals surface area contributed by atoms with Crippen LogP contribution in [0.4, 0.5) is 0 Å². The maximum absolute atomic E-state index is 11.3. The molecule has 0 unspecified atom stereocenters. The van der Waals surface area contributed by atoms with Gasteiger partial charge in [0.25, 0.3) is 0 Å². The van der Waals surface area contributed by atoms with Crippen LogP contribution in [0.5, 0.6) is 0 Å². The molecule has 2 N–H and O–H groups in total. The lowest BCUT2D eigenvalue weighted by Gasteiger charge is -2.15. The van der Waals surface area contributed by atoms with Crippen LogP contribution < -0.4 is 5.73 Å². The number of hydrogen-bond donors (Lipinski definition) is 1. The van der Waals surface area contributed by atoms with Crippen LogP contribution in [0.2, 0.25) is 0 Å². The van der Waals surface area contributed by atoms with E-state index < -0.39 is 9.84 Å². The van der Waals surface area contributed by atoms with E-state index >= 15 is 0 Å². The van der Waals surface area contributed by atoms with Gasteiger partial charge in [0.05, 0.1) is 0 Å². The fourth-order valence-electron chi connectivity index (χ4n) is 1.13. The summed E-state index contributed by atoms with van der Waals surface area (Å²) < 4.78 is 22.6. The first-order valence-corrected chi connectivity index (χ1v) is 6.79. The number of nitrogens with zero attached hydrogens (tertiary/aromatic N) is 2. The molecule has 0 aromatic carbocycles. The SMILES string of the molecule is C/C(N)=C(\C)C(=[N-])c1cccc(S(C)(=O)=O)n1. The Morgan fingerprint density at radius 2 is 1.94 bits per heavy atom. The molecule has 1 heterocycles. The minimum absolute atomic E-state index is 0.0796. The summed E-state index contributed by atoms with van der Waals surface area (Å²) in [4.78, 5) is 3.88. The first-order valence-electron chi connectivity index (χ1n) is 4.90. The van der Waals surface area contributed by atoms with Gasteiger partial charge in [-0.1, -0.05) is 6.07 Å². The second kappa shape index (κ2) is 4.67. The van der Waals surface area contributed by atoms with Crippen LogP contribution in [0.1, 0.15) is 19.5 Å². The van der Waals surface area contributed by atoms with Gasteiger partial charge in [0.2, 0.25) is 0 Å². The van der Waals surface area contributed by atoms with Crippen molar-refractivity contribution in [2.45, 2.75) is 18.9 Å². The van der Waals surface area contributed by atoms with Crippen molar-refractivity contribution >= 4 is 15.5 Å². The third kappa shape index (κ3) is 3.13. The van der Waals surface area contributed by atoms with Gasteiger partial charge >= 0.3 is 0 Å². The smallest absolute Gasteiger partial charge is 0.192 e. The summed E-state index contributed by atoms with van der Waals surface area (Å²) in [5.41, 5.74) is 6.55. The van der Waals surface area contributed by atoms with Crippen molar-refractivity contribution in [3.63, 3.8) is 0 Å². The van der Waals surface area contributed by atoms with Crippen LogP contribution >= 0.6 is 0 Å². The molecule has 1 aromatic rings. The predicted octanol–water partition coefficient (Wildman–Crippen LogP) is 1.10. The molecule has 0 spiro atoms. The number of rotatable bonds is 3. The number of allylic oxidation sites excluding steroid dienone is 2. The minimum Gasteiger partial charge on any atom is -0.802 e. The maximum Gasteiger partial charge on any atom is 0.192 e. The summed E-state index contributed by atoms with van der Waals surface area (Å²) in [5, 5.41) is 9.79. The molecule has 1 aromatic heterocycles. The number of hydrogen-bond acceptors (Lipinski definition) is 4. The molecule has 92 valence electrons. The Morgan fingerprint density at radius 3 is 2.41 bits per heavy atom. The van der Waals surface area contributed by atoms with Gasteiger partial charge < -0.3 is 11.1 Å². The van der Waals surface area contributed by atoms with E-state index in [1.54, 1.807) is 13.8 Å². The van der Waals surface area contributed by atoms with E-state index in [9.17, 15) is 13.8 Å². The first kappa shape index (κ1) is 13.4. The highest BCUT2D eigenvalue weighted by Gasteiger charge is 2.09. The van der Waals surface area contributed by atoms with Gasteiger partial charge in [-0.15, -0.1) is 5.71 Å². The summed E-state index contributed by atoms with van der Waals surface area (Å²) in [6.07, 6.45) is 1.06. The third-order valence-corrected chi connectivity index (χ3v) is 3.28. The van der Waals surface area contributed by atoms with Gasteiger partial charge in [-0.2, -0.15) is 0 Å². The van der Waals surface area contributed by atoms with Crippen molar-refractivity contribution in [3.05, 3.63) is 40.6 Å². The fraction of sp³-hybridized carbons (Fsp3) is 0.273. The van der Waals surface area contributed by atoms with E-state index in [1.807, 2.05) is 0 Å². The van der Waals surface area contributed by atoms with Gasteiger partial charge in [-0.3, -0.25) is 0 Å². The average Bonchev–Trinajstić information content (AvgIpc) is 2.26. The summed E-state index contributed by atoms with van der Waals surface area (Å²) in [6, 6.07) is 4.42. The zero-order chi connectivity index (χ0) is 13.2. The summed E-state index contributed by atoms with van der Waals surface area (Å²) >= 11 is 0. The van der Waals surface area contributed by atoms with Crippen molar-refractivity contribution in [2.24, 2.45) is 5.73 Å². The second-order valence-electron chi connectivity index (χ2n) is 3.79. The van der Waals surface area contributed by atoms with Crippen LogP contribution in [0.3, 0.4) is 0 Å². The molecule has 0 saturated heterocycles. The zero-order valence-electron chi connectivity index (χ0n) is 9.93. The van der Waals surface area contributed by atoms with E-state index in [-0.39, 0.29) is 16.4 Å². The van der Waals surface area contributed by atoms with Crippen molar-refractivity contribution in [1.29, 1.82) is 0 Å². The van der Waals surface area contributed by atoms with Gasteiger partial charge in [0.15, 0.2) is 14.9 Å². The first-order chi connectivity index (χ1) is 7.73. The molecule has 0 saturated carbocycles. The van der Waals surface area contributed by atoms with E-state index in [1.165, 1.54) is 18.2 Å². The number of sulfone groups is 1. The van der Waals surface area contributed by atoms with Crippen LogP contribution in [-0.2, 0) is 9.84 Å². The van der Waals surface area contributed by atoms with Crippen LogP contribution in [0.25, 0.3) is 5.41 Å². The number of pyridine rings is 1. The second-order valence-corrected chi connectivity index (χ2v) is 5.75. The molecule has 6 heteroatoms. The highest BCUT2D eigenvalue weighted by atomic mass is 32.2. The topological polar surface area (TPSA) is 95.4 Å². The van der Waals surface area contributed by atoms with Crippen LogP contribution in [-0.4, -0.2) is 25.4 Å². The molecular formula is C11H14N3O2S-. The van der Waals surface area contributed by atoms with Gasteiger partial charge in [0.1, 0.15) is 0 Å². The molecule has 0 atom stereocenters. The Balaban J connectivity index is 3.28. The summed E-state index contributed by atoms with van der Waals surface area (Å²) in [5.74, 6) is 0. The van der Waals surface area contributed by atoms with E-state index in [0.29, 0.717) is 11.3 Å². The Bertz CT molecular complexity index is 584. The molecule has 0 aliphatic heterocycles. The quantitative estimate of drug-likeness (QED) is 0.815. The number of nitrogens with two attached hydrogens (primary N) is 1. The largest absolute Gasteiger partial charge is 0.802 e. The highest BCUT2D eigenvalue weighted by molar-refractivity contribution is 7.90. The Labute approximate surface area is 101 Å². The third-order valence-electron chi connectivity index (χ3n) is 2.29. The van der Waals surface area contributed by atoms with E-state index in [2.05, 4.69) is 4.98 Å². The average molecular weight is 252 g/mol. The molecule has 0 aliphatic rings.